The molecule has 0 aromatic heterocycles. The minimum atomic E-state index is 0.498. The maximum atomic E-state index is 5.45. The largest absolute Gasteiger partial charge is 0.366 e. The number of fused-ring (bicyclic) bond motifs is 4. The van der Waals surface area contributed by atoms with Crippen LogP contribution in [0.1, 0.15) is 5.56 Å². The van der Waals surface area contributed by atoms with Crippen LogP contribution in [0.3, 0.4) is 0 Å². The highest BCUT2D eigenvalue weighted by Crippen LogP contribution is 2.55. The molecule has 1 saturated heterocycles. The molecular weight excluding hydrogens is 162 g/mol. The summed E-state index contributed by atoms with van der Waals surface area (Å²) in [6.07, 6.45) is 1.02. The van der Waals surface area contributed by atoms with Crippen LogP contribution in [0.25, 0.3) is 0 Å². The van der Waals surface area contributed by atoms with Crippen LogP contribution in [-0.2, 0) is 4.74 Å². The monoisotopic (exact) mass is 171 g/mol. The van der Waals surface area contributed by atoms with Crippen LogP contribution < -0.4 is 0 Å². The van der Waals surface area contributed by atoms with Gasteiger partial charge in [-0.05, 0) is 5.56 Å². The van der Waals surface area contributed by atoms with Crippen molar-refractivity contribution in [1.82, 2.24) is 0 Å². The van der Waals surface area contributed by atoms with Crippen LogP contribution in [0.4, 0.5) is 0 Å². The minimum absolute atomic E-state index is 0.498. The van der Waals surface area contributed by atoms with Crippen molar-refractivity contribution in [1.29, 1.82) is 0 Å². The Kier molecular flexibility index (Phi) is 0.901. The zero-order valence-electron chi connectivity index (χ0n) is 7.05. The molecule has 2 nitrogen and oxygen atoms in total. The third-order valence-electron chi connectivity index (χ3n) is 3.29. The zero-order valence-corrected chi connectivity index (χ0v) is 7.05. The van der Waals surface area contributed by atoms with E-state index < -0.39 is 0 Å². The molecule has 1 aliphatic carbocycles. The van der Waals surface area contributed by atoms with Gasteiger partial charge in [-0.1, -0.05) is 30.3 Å². The molecule has 64 valence electrons. The Hall–Kier alpha value is -1.15. The normalized spacial score (nSPS) is 43.5. The Morgan fingerprint density at radius 1 is 1.08 bits per heavy atom. The summed E-state index contributed by atoms with van der Waals surface area (Å²) in [6.45, 7) is 0. The van der Waals surface area contributed by atoms with Gasteiger partial charge in [-0.15, -0.1) is 0 Å². The van der Waals surface area contributed by atoms with Crippen LogP contribution in [0.2, 0.25) is 0 Å². The summed E-state index contributed by atoms with van der Waals surface area (Å²) in [5, 5.41) is 0. The standard InChI is InChI=1S/C11H9NO/c1-2-4-6(5-3-1)8-7-9(12-8)11-10(7)13-11/h1-5,7,9-11H. The first-order valence-corrected chi connectivity index (χ1v) is 4.74. The van der Waals surface area contributed by atoms with Crippen molar-refractivity contribution in [3.8, 4) is 0 Å². The van der Waals surface area contributed by atoms with Crippen LogP contribution in [-0.4, -0.2) is 24.0 Å². The molecule has 13 heavy (non-hydrogen) atoms. The highest BCUT2D eigenvalue weighted by atomic mass is 16.6. The number of ether oxygens (including phenoxy) is 1. The first kappa shape index (κ1) is 6.33. The lowest BCUT2D eigenvalue weighted by atomic mass is 9.70. The molecule has 2 heteroatoms. The molecule has 4 unspecified atom stereocenters. The number of aliphatic imine (C=N–C) groups is 1. The van der Waals surface area contributed by atoms with E-state index in [1.54, 1.807) is 0 Å². The van der Waals surface area contributed by atoms with E-state index in [9.17, 15) is 0 Å². The zero-order chi connectivity index (χ0) is 8.41. The van der Waals surface area contributed by atoms with E-state index in [0.29, 0.717) is 24.2 Å². The van der Waals surface area contributed by atoms with Crippen molar-refractivity contribution in [2.45, 2.75) is 18.2 Å². The molecule has 1 saturated carbocycles. The molecule has 0 amide bonds. The summed E-state index contributed by atoms with van der Waals surface area (Å²) in [6, 6.07) is 10.9. The lowest BCUT2D eigenvalue weighted by molar-refractivity contribution is 0.377. The van der Waals surface area contributed by atoms with E-state index in [1.807, 2.05) is 6.07 Å². The summed E-state index contributed by atoms with van der Waals surface area (Å²) in [7, 11) is 0. The molecule has 4 rings (SSSR count). The number of rotatable bonds is 1. The Bertz CT molecular complexity index is 398. The third-order valence-corrected chi connectivity index (χ3v) is 3.29. The smallest absolute Gasteiger partial charge is 0.108 e. The minimum Gasteiger partial charge on any atom is -0.366 e. The number of hydrogen-bond acceptors (Lipinski definition) is 2. The van der Waals surface area contributed by atoms with E-state index in [2.05, 4.69) is 29.3 Å². The molecule has 0 bridgehead atoms. The summed E-state index contributed by atoms with van der Waals surface area (Å²) >= 11 is 0. The molecule has 2 heterocycles. The molecule has 1 aromatic rings. The van der Waals surface area contributed by atoms with Crippen molar-refractivity contribution in [2.75, 3.05) is 0 Å². The predicted molar refractivity (Wildman–Crippen MR) is 48.9 cm³/mol. The summed E-state index contributed by atoms with van der Waals surface area (Å²) in [5.41, 5.74) is 2.54. The van der Waals surface area contributed by atoms with Gasteiger partial charge >= 0.3 is 0 Å². The molecule has 0 radical (unpaired) electrons. The highest BCUT2D eigenvalue weighted by Gasteiger charge is 2.70. The van der Waals surface area contributed by atoms with E-state index in [0.717, 1.165) is 0 Å². The van der Waals surface area contributed by atoms with Gasteiger partial charge in [0.15, 0.2) is 0 Å². The van der Waals surface area contributed by atoms with Crippen LogP contribution in [0.5, 0.6) is 0 Å². The van der Waals surface area contributed by atoms with Crippen molar-refractivity contribution in [3.05, 3.63) is 35.9 Å². The second-order valence-electron chi connectivity index (χ2n) is 3.96. The number of hydrogen-bond donors (Lipinski definition) is 0. The Morgan fingerprint density at radius 3 is 2.69 bits per heavy atom. The van der Waals surface area contributed by atoms with Crippen LogP contribution >= 0.6 is 0 Å². The lowest BCUT2D eigenvalue weighted by Gasteiger charge is -2.39. The van der Waals surface area contributed by atoms with Gasteiger partial charge in [0, 0.05) is 0 Å². The predicted octanol–water partition coefficient (Wildman–Crippen LogP) is 1.26. The van der Waals surface area contributed by atoms with E-state index in [-0.39, 0.29) is 0 Å². The van der Waals surface area contributed by atoms with Gasteiger partial charge < -0.3 is 4.74 Å². The van der Waals surface area contributed by atoms with Crippen molar-refractivity contribution in [2.24, 2.45) is 10.9 Å². The van der Waals surface area contributed by atoms with Gasteiger partial charge in [0.05, 0.1) is 23.8 Å². The number of epoxide rings is 1. The number of nitrogens with zero attached hydrogens (tertiary/aromatic N) is 1. The Balaban J connectivity index is 1.74. The fourth-order valence-corrected chi connectivity index (χ4v) is 2.46. The second kappa shape index (κ2) is 1.85. The topological polar surface area (TPSA) is 24.9 Å². The Morgan fingerprint density at radius 2 is 1.92 bits per heavy atom. The van der Waals surface area contributed by atoms with Gasteiger partial charge in [-0.3, -0.25) is 4.99 Å². The average Bonchev–Trinajstić information content (AvgIpc) is 2.81. The fourth-order valence-electron chi connectivity index (χ4n) is 2.46. The molecule has 0 N–H and O–H groups in total. The van der Waals surface area contributed by atoms with Crippen LogP contribution in [0.15, 0.2) is 35.3 Å². The first-order valence-electron chi connectivity index (χ1n) is 4.74. The third kappa shape index (κ3) is 0.626. The van der Waals surface area contributed by atoms with Crippen molar-refractivity contribution in [3.63, 3.8) is 0 Å². The van der Waals surface area contributed by atoms with Gasteiger partial charge in [-0.25, -0.2) is 0 Å². The van der Waals surface area contributed by atoms with Crippen molar-refractivity contribution < 1.29 is 4.74 Å². The van der Waals surface area contributed by atoms with Crippen LogP contribution in [0, 0.1) is 5.92 Å². The summed E-state index contributed by atoms with van der Waals surface area (Å²) < 4.78 is 5.45. The molecule has 0 spiro atoms. The molecular formula is C11H9NO. The molecule has 1 aromatic carbocycles. The molecule has 2 fully saturated rings. The Labute approximate surface area is 76.2 Å². The highest BCUT2D eigenvalue weighted by molar-refractivity contribution is 6.08. The summed E-state index contributed by atoms with van der Waals surface area (Å²) in [5.74, 6) is 0.632. The maximum absolute atomic E-state index is 5.45. The average molecular weight is 171 g/mol. The van der Waals surface area contributed by atoms with Gasteiger partial charge in [0.25, 0.3) is 0 Å². The van der Waals surface area contributed by atoms with Crippen molar-refractivity contribution >= 4 is 5.71 Å². The maximum Gasteiger partial charge on any atom is 0.108 e. The quantitative estimate of drug-likeness (QED) is 0.584. The SMILES string of the molecule is c1ccc(C2=NC3C4OC4C23)cc1. The molecule has 4 atom stereocenters. The summed E-state index contributed by atoms with van der Waals surface area (Å²) in [4.78, 5) is 4.57. The van der Waals surface area contributed by atoms with Gasteiger partial charge in [0.1, 0.15) is 6.10 Å². The number of benzene rings is 1. The van der Waals surface area contributed by atoms with E-state index in [1.165, 1.54) is 11.3 Å². The van der Waals surface area contributed by atoms with Gasteiger partial charge in [-0.2, -0.15) is 0 Å². The second-order valence-corrected chi connectivity index (χ2v) is 3.96. The molecule has 2 aliphatic heterocycles. The lowest BCUT2D eigenvalue weighted by Crippen LogP contribution is -2.53. The van der Waals surface area contributed by atoms with E-state index in [4.69, 9.17) is 4.74 Å². The van der Waals surface area contributed by atoms with Gasteiger partial charge in [0.2, 0.25) is 0 Å². The van der Waals surface area contributed by atoms with E-state index >= 15 is 0 Å². The first-order chi connectivity index (χ1) is 6.45. The molecule has 3 aliphatic rings. The fraction of sp³-hybridized carbons (Fsp3) is 0.364.